The molecule has 2 rings (SSSR count). The molecule has 124 valence electrons. The van der Waals surface area contributed by atoms with E-state index in [1.807, 2.05) is 0 Å². The van der Waals surface area contributed by atoms with Crippen LogP contribution >= 0.6 is 23.2 Å². The zero-order valence-corrected chi connectivity index (χ0v) is 14.0. The summed E-state index contributed by atoms with van der Waals surface area (Å²) in [6.45, 7) is 0.675. The fourth-order valence-electron chi connectivity index (χ4n) is 2.39. The van der Waals surface area contributed by atoms with Gasteiger partial charge in [-0.3, -0.25) is 14.4 Å². The number of methoxy groups -OCH3 is 1. The Kier molecular flexibility index (Phi) is 5.85. The third-order valence-corrected chi connectivity index (χ3v) is 4.18. The third kappa shape index (κ3) is 4.36. The molecule has 1 heterocycles. The molecule has 0 spiro atoms. The number of benzene rings is 1. The summed E-state index contributed by atoms with van der Waals surface area (Å²) < 4.78 is 4.59. The molecule has 8 heteroatoms. The Morgan fingerprint density at radius 1 is 1.39 bits per heavy atom. The minimum absolute atomic E-state index is 0.0287. The molecule has 1 N–H and O–H groups in total. The number of amides is 2. The zero-order chi connectivity index (χ0) is 17.0. The summed E-state index contributed by atoms with van der Waals surface area (Å²) in [5.41, 5.74) is 0.615. The van der Waals surface area contributed by atoms with E-state index in [1.165, 1.54) is 12.0 Å². The van der Waals surface area contributed by atoms with Gasteiger partial charge in [-0.15, -0.1) is 0 Å². The molecule has 0 aliphatic carbocycles. The highest BCUT2D eigenvalue weighted by Crippen LogP contribution is 2.22. The number of hydrogen-bond donors (Lipinski definition) is 1. The van der Waals surface area contributed by atoms with Gasteiger partial charge in [0.25, 0.3) is 0 Å². The van der Waals surface area contributed by atoms with E-state index in [0.29, 0.717) is 28.7 Å². The summed E-state index contributed by atoms with van der Waals surface area (Å²) in [6.07, 6.45) is -0.149. The van der Waals surface area contributed by atoms with Crippen LogP contribution in [-0.2, 0) is 25.5 Å². The number of esters is 1. The van der Waals surface area contributed by atoms with Gasteiger partial charge in [-0.05, 0) is 17.7 Å². The Balaban J connectivity index is 2.14. The van der Waals surface area contributed by atoms with Crippen molar-refractivity contribution in [3.8, 4) is 0 Å². The van der Waals surface area contributed by atoms with Gasteiger partial charge in [0.15, 0.2) is 0 Å². The summed E-state index contributed by atoms with van der Waals surface area (Å²) in [6, 6.07) is 4.00. The lowest BCUT2D eigenvalue weighted by Gasteiger charge is -2.34. The SMILES string of the molecule is COC(=O)C[C@@H]1C(=O)NCCN1C(=O)Cc1ccc(Cl)cc1Cl. The van der Waals surface area contributed by atoms with E-state index in [1.54, 1.807) is 18.2 Å². The summed E-state index contributed by atoms with van der Waals surface area (Å²) >= 11 is 11.9. The van der Waals surface area contributed by atoms with Crippen molar-refractivity contribution >= 4 is 41.0 Å². The fraction of sp³-hybridized carbons (Fsp3) is 0.400. The number of carbonyl (C=O) groups is 3. The van der Waals surface area contributed by atoms with Gasteiger partial charge in [0.05, 0.1) is 20.0 Å². The maximum atomic E-state index is 12.5. The molecule has 0 saturated carbocycles. The third-order valence-electron chi connectivity index (χ3n) is 3.60. The smallest absolute Gasteiger partial charge is 0.308 e. The standard InChI is InChI=1S/C15H16Cl2N2O4/c1-23-14(21)8-12-15(22)18-4-5-19(12)13(20)6-9-2-3-10(16)7-11(9)17/h2-3,7,12H,4-6,8H2,1H3,(H,18,22)/t12-/m1/s1. The lowest BCUT2D eigenvalue weighted by molar-refractivity contribution is -0.150. The first-order chi connectivity index (χ1) is 10.9. The van der Waals surface area contributed by atoms with Crippen LogP contribution in [0.1, 0.15) is 12.0 Å². The lowest BCUT2D eigenvalue weighted by Crippen LogP contribution is -2.58. The van der Waals surface area contributed by atoms with Gasteiger partial charge < -0.3 is 15.0 Å². The van der Waals surface area contributed by atoms with Crippen LogP contribution in [0.5, 0.6) is 0 Å². The molecule has 1 aliphatic rings. The van der Waals surface area contributed by atoms with Crippen LogP contribution in [0.25, 0.3) is 0 Å². The van der Waals surface area contributed by atoms with Gasteiger partial charge in [0.2, 0.25) is 11.8 Å². The van der Waals surface area contributed by atoms with E-state index in [-0.39, 0.29) is 24.7 Å². The average molecular weight is 359 g/mol. The zero-order valence-electron chi connectivity index (χ0n) is 12.5. The molecule has 1 fully saturated rings. The van der Waals surface area contributed by atoms with Gasteiger partial charge in [0.1, 0.15) is 6.04 Å². The van der Waals surface area contributed by atoms with Gasteiger partial charge in [0, 0.05) is 23.1 Å². The topological polar surface area (TPSA) is 75.7 Å². The summed E-state index contributed by atoms with van der Waals surface area (Å²) in [5.74, 6) is -1.19. The maximum Gasteiger partial charge on any atom is 0.308 e. The second-order valence-electron chi connectivity index (χ2n) is 5.09. The van der Waals surface area contributed by atoms with Crippen molar-refractivity contribution in [2.24, 2.45) is 0 Å². The number of rotatable bonds is 4. The summed E-state index contributed by atoms with van der Waals surface area (Å²) in [7, 11) is 1.24. The van der Waals surface area contributed by atoms with Crippen molar-refractivity contribution < 1.29 is 19.1 Å². The number of piperazine rings is 1. The molecule has 1 aromatic rings. The van der Waals surface area contributed by atoms with Gasteiger partial charge in [-0.25, -0.2) is 0 Å². The first-order valence-corrected chi connectivity index (χ1v) is 7.76. The van der Waals surface area contributed by atoms with E-state index in [9.17, 15) is 14.4 Å². The Labute approximate surface area is 143 Å². The van der Waals surface area contributed by atoms with Crippen LogP contribution in [0.15, 0.2) is 18.2 Å². The number of nitrogens with one attached hydrogen (secondary N) is 1. The minimum atomic E-state index is -0.866. The van der Waals surface area contributed by atoms with Crippen molar-refractivity contribution in [2.45, 2.75) is 18.9 Å². The largest absolute Gasteiger partial charge is 0.469 e. The first-order valence-electron chi connectivity index (χ1n) is 7.00. The molecular weight excluding hydrogens is 343 g/mol. The van der Waals surface area contributed by atoms with E-state index >= 15 is 0 Å². The molecule has 2 amide bonds. The highest BCUT2D eigenvalue weighted by atomic mass is 35.5. The molecule has 0 aromatic heterocycles. The number of hydrogen-bond acceptors (Lipinski definition) is 4. The Hall–Kier alpha value is -1.79. The Morgan fingerprint density at radius 3 is 2.78 bits per heavy atom. The molecule has 0 bridgehead atoms. The number of nitrogens with zero attached hydrogens (tertiary/aromatic N) is 1. The molecule has 23 heavy (non-hydrogen) atoms. The summed E-state index contributed by atoms with van der Waals surface area (Å²) in [5, 5.41) is 3.51. The maximum absolute atomic E-state index is 12.5. The molecule has 1 aromatic carbocycles. The Morgan fingerprint density at radius 2 is 2.13 bits per heavy atom. The molecule has 1 saturated heterocycles. The van der Waals surface area contributed by atoms with Gasteiger partial charge in [-0.1, -0.05) is 29.3 Å². The quantitative estimate of drug-likeness (QED) is 0.826. The molecule has 1 atom stereocenters. The number of ether oxygens (including phenoxy) is 1. The van der Waals surface area contributed by atoms with Crippen LogP contribution in [0.2, 0.25) is 10.0 Å². The van der Waals surface area contributed by atoms with Gasteiger partial charge in [-0.2, -0.15) is 0 Å². The van der Waals surface area contributed by atoms with E-state index in [0.717, 1.165) is 0 Å². The van der Waals surface area contributed by atoms with Crippen molar-refractivity contribution in [3.05, 3.63) is 33.8 Å². The predicted octanol–water partition coefficient (Wildman–Crippen LogP) is 1.43. The second kappa shape index (κ2) is 7.66. The molecule has 0 unspecified atom stereocenters. The highest BCUT2D eigenvalue weighted by Gasteiger charge is 2.34. The predicted molar refractivity (Wildman–Crippen MR) is 85.3 cm³/mol. The van der Waals surface area contributed by atoms with Crippen LogP contribution in [0.3, 0.4) is 0 Å². The minimum Gasteiger partial charge on any atom is -0.469 e. The molecule has 1 aliphatic heterocycles. The van der Waals surface area contributed by atoms with Crippen molar-refractivity contribution in [1.29, 1.82) is 0 Å². The van der Waals surface area contributed by atoms with E-state index < -0.39 is 12.0 Å². The van der Waals surface area contributed by atoms with E-state index in [2.05, 4.69) is 10.1 Å². The molecule has 0 radical (unpaired) electrons. The highest BCUT2D eigenvalue weighted by molar-refractivity contribution is 6.35. The summed E-state index contributed by atoms with van der Waals surface area (Å²) in [4.78, 5) is 37.4. The van der Waals surface area contributed by atoms with Crippen molar-refractivity contribution in [2.75, 3.05) is 20.2 Å². The van der Waals surface area contributed by atoms with Crippen LogP contribution in [0, 0.1) is 0 Å². The van der Waals surface area contributed by atoms with Crippen LogP contribution < -0.4 is 5.32 Å². The number of carbonyl (C=O) groups excluding carboxylic acids is 3. The second-order valence-corrected chi connectivity index (χ2v) is 5.93. The van der Waals surface area contributed by atoms with Gasteiger partial charge >= 0.3 is 5.97 Å². The van der Waals surface area contributed by atoms with Crippen molar-refractivity contribution in [3.63, 3.8) is 0 Å². The lowest BCUT2D eigenvalue weighted by atomic mass is 10.1. The average Bonchev–Trinajstić information content (AvgIpc) is 2.51. The number of halogens is 2. The molecular formula is C15H16Cl2N2O4. The van der Waals surface area contributed by atoms with Crippen LogP contribution in [0.4, 0.5) is 0 Å². The van der Waals surface area contributed by atoms with Crippen molar-refractivity contribution in [1.82, 2.24) is 10.2 Å². The van der Waals surface area contributed by atoms with E-state index in [4.69, 9.17) is 23.2 Å². The first kappa shape index (κ1) is 17.6. The van der Waals surface area contributed by atoms with Crippen LogP contribution in [-0.4, -0.2) is 48.9 Å². The molecule has 6 nitrogen and oxygen atoms in total. The monoisotopic (exact) mass is 358 g/mol. The normalized spacial score (nSPS) is 17.6. The fourth-order valence-corrected chi connectivity index (χ4v) is 2.86. The Bertz CT molecular complexity index is 636.